The van der Waals surface area contributed by atoms with Crippen molar-refractivity contribution in [1.82, 2.24) is 10.4 Å². The van der Waals surface area contributed by atoms with Crippen LogP contribution in [0.3, 0.4) is 0 Å². The average molecular weight is 574 g/mol. The number of nitrogens with one attached hydrogen (secondary N) is 1. The molecule has 2 amide bonds. The first-order chi connectivity index (χ1) is 16.3. The first-order valence-corrected chi connectivity index (χ1v) is 12.5. The van der Waals surface area contributed by atoms with Crippen molar-refractivity contribution in [1.29, 1.82) is 0 Å². The lowest BCUT2D eigenvalue weighted by molar-refractivity contribution is -0.123. The molecule has 0 atom stereocenters. The number of ether oxygens (including phenoxy) is 1. The van der Waals surface area contributed by atoms with Crippen LogP contribution in [0.4, 0.5) is 0 Å². The van der Waals surface area contributed by atoms with E-state index >= 15 is 0 Å². The number of halogens is 2. The van der Waals surface area contributed by atoms with Gasteiger partial charge >= 0.3 is 0 Å². The third-order valence-electron chi connectivity index (χ3n) is 4.90. The van der Waals surface area contributed by atoms with E-state index in [1.807, 2.05) is 49.4 Å². The molecule has 0 bridgehead atoms. The highest BCUT2D eigenvalue weighted by atomic mass is 79.9. The molecule has 3 aromatic carbocycles. The molecule has 0 unspecified atom stereocenters. The van der Waals surface area contributed by atoms with E-state index < -0.39 is 11.8 Å². The van der Waals surface area contributed by atoms with Gasteiger partial charge in [-0.3, -0.25) is 15.0 Å². The molecule has 1 aliphatic heterocycles. The van der Waals surface area contributed by atoms with Gasteiger partial charge < -0.3 is 4.74 Å². The SMILES string of the molecule is Cc1ccc(COc2ccc(Br)cc2/C=C2/SC(=S)N(NC(=O)c3ccccc3Cl)C2=O)cc1. The molecule has 1 heterocycles. The van der Waals surface area contributed by atoms with Gasteiger partial charge in [0.15, 0.2) is 4.32 Å². The van der Waals surface area contributed by atoms with E-state index in [1.54, 1.807) is 30.3 Å². The van der Waals surface area contributed by atoms with Crippen LogP contribution in [0.2, 0.25) is 5.02 Å². The number of hydrazine groups is 1. The first kappa shape index (κ1) is 24.5. The van der Waals surface area contributed by atoms with Gasteiger partial charge in [0, 0.05) is 10.0 Å². The largest absolute Gasteiger partial charge is 0.488 e. The standard InChI is InChI=1S/C25H18BrClN2O3S2/c1-15-6-8-16(9-7-15)14-32-21-11-10-18(26)12-17(21)13-22-24(31)29(25(33)34-22)28-23(30)19-4-2-3-5-20(19)27/h2-13H,14H2,1H3,(H,28,30)/b22-13+. The van der Waals surface area contributed by atoms with Crippen molar-refractivity contribution in [3.8, 4) is 5.75 Å². The summed E-state index contributed by atoms with van der Waals surface area (Å²) in [5, 5.41) is 1.34. The fraction of sp³-hybridized carbons (Fsp3) is 0.0800. The molecule has 0 spiro atoms. The number of carbonyl (C=O) groups excluding carboxylic acids is 2. The summed E-state index contributed by atoms with van der Waals surface area (Å²) in [6.45, 7) is 2.42. The highest BCUT2D eigenvalue weighted by Gasteiger charge is 2.34. The van der Waals surface area contributed by atoms with Crippen LogP contribution in [0.15, 0.2) is 76.1 Å². The molecule has 0 aromatic heterocycles. The lowest BCUT2D eigenvalue weighted by Gasteiger charge is -2.16. The smallest absolute Gasteiger partial charge is 0.285 e. The molecule has 9 heteroatoms. The first-order valence-electron chi connectivity index (χ1n) is 10.1. The summed E-state index contributed by atoms with van der Waals surface area (Å²) in [6.07, 6.45) is 1.70. The van der Waals surface area contributed by atoms with E-state index in [0.29, 0.717) is 22.8 Å². The summed E-state index contributed by atoms with van der Waals surface area (Å²) in [6, 6.07) is 20.2. The lowest BCUT2D eigenvalue weighted by atomic mass is 10.1. The molecule has 1 N–H and O–H groups in total. The Morgan fingerprint density at radius 3 is 2.65 bits per heavy atom. The Labute approximate surface area is 220 Å². The highest BCUT2D eigenvalue weighted by Crippen LogP contribution is 2.34. The number of benzene rings is 3. The summed E-state index contributed by atoms with van der Waals surface area (Å²) in [7, 11) is 0. The van der Waals surface area contributed by atoms with Crippen LogP contribution in [-0.4, -0.2) is 21.1 Å². The Kier molecular flexibility index (Phi) is 7.73. The van der Waals surface area contributed by atoms with Crippen LogP contribution in [0.25, 0.3) is 6.08 Å². The van der Waals surface area contributed by atoms with Gasteiger partial charge in [-0.2, -0.15) is 5.01 Å². The zero-order valence-electron chi connectivity index (χ0n) is 17.9. The summed E-state index contributed by atoms with van der Waals surface area (Å²) in [4.78, 5) is 26.0. The molecule has 172 valence electrons. The van der Waals surface area contributed by atoms with Gasteiger partial charge in [-0.25, -0.2) is 0 Å². The molecule has 0 saturated carbocycles. The van der Waals surface area contributed by atoms with Gasteiger partial charge in [-0.1, -0.05) is 81.3 Å². The Morgan fingerprint density at radius 1 is 1.18 bits per heavy atom. The minimum atomic E-state index is -0.521. The molecule has 3 aromatic rings. The van der Waals surface area contributed by atoms with Gasteiger partial charge in [0.05, 0.1) is 15.5 Å². The van der Waals surface area contributed by atoms with Crippen molar-refractivity contribution in [3.63, 3.8) is 0 Å². The Morgan fingerprint density at radius 2 is 1.91 bits per heavy atom. The predicted molar refractivity (Wildman–Crippen MR) is 144 cm³/mol. The van der Waals surface area contributed by atoms with Gasteiger partial charge in [0.1, 0.15) is 12.4 Å². The average Bonchev–Trinajstić information content (AvgIpc) is 3.07. The zero-order chi connectivity index (χ0) is 24.2. The van der Waals surface area contributed by atoms with Crippen LogP contribution < -0.4 is 10.2 Å². The molecule has 0 aliphatic carbocycles. The van der Waals surface area contributed by atoms with Crippen molar-refractivity contribution < 1.29 is 14.3 Å². The predicted octanol–water partition coefficient (Wildman–Crippen LogP) is 6.54. The molecule has 4 rings (SSSR count). The second-order valence-electron chi connectivity index (χ2n) is 7.39. The van der Waals surface area contributed by atoms with Gasteiger partial charge in [0.25, 0.3) is 11.8 Å². The third kappa shape index (κ3) is 5.70. The fourth-order valence-corrected chi connectivity index (χ4v) is 4.89. The number of hydrogen-bond acceptors (Lipinski definition) is 5. The topological polar surface area (TPSA) is 58.6 Å². The van der Waals surface area contributed by atoms with Crippen molar-refractivity contribution in [2.45, 2.75) is 13.5 Å². The molecule has 0 radical (unpaired) electrons. The van der Waals surface area contributed by atoms with E-state index in [4.69, 9.17) is 28.6 Å². The lowest BCUT2D eigenvalue weighted by Crippen LogP contribution is -2.44. The normalized spacial score (nSPS) is 14.6. The van der Waals surface area contributed by atoms with Crippen molar-refractivity contribution in [2.75, 3.05) is 0 Å². The zero-order valence-corrected chi connectivity index (χ0v) is 21.9. The van der Waals surface area contributed by atoms with Crippen molar-refractivity contribution >= 4 is 73.7 Å². The molecular formula is C25H18BrClN2O3S2. The monoisotopic (exact) mass is 572 g/mol. The molecule has 1 aliphatic rings. The maximum absolute atomic E-state index is 13.0. The van der Waals surface area contributed by atoms with E-state index in [0.717, 1.165) is 26.8 Å². The Bertz CT molecular complexity index is 1310. The van der Waals surface area contributed by atoms with Gasteiger partial charge in [0.2, 0.25) is 0 Å². The summed E-state index contributed by atoms with van der Waals surface area (Å²) in [5.74, 6) is -0.332. The van der Waals surface area contributed by atoms with E-state index in [9.17, 15) is 9.59 Å². The number of thioether (sulfide) groups is 1. The minimum Gasteiger partial charge on any atom is -0.488 e. The number of carbonyl (C=O) groups is 2. The Hall–Kier alpha value is -2.65. The summed E-state index contributed by atoms with van der Waals surface area (Å²) >= 11 is 16.0. The van der Waals surface area contributed by atoms with E-state index in [-0.39, 0.29) is 14.9 Å². The van der Waals surface area contributed by atoms with E-state index in [2.05, 4.69) is 21.4 Å². The number of aryl methyl sites for hydroxylation is 1. The van der Waals surface area contributed by atoms with Gasteiger partial charge in [-0.15, -0.1) is 0 Å². The summed E-state index contributed by atoms with van der Waals surface area (Å²) in [5.41, 5.74) is 5.72. The number of hydrogen-bond donors (Lipinski definition) is 1. The molecule has 1 saturated heterocycles. The molecule has 1 fully saturated rings. The molecule has 5 nitrogen and oxygen atoms in total. The van der Waals surface area contributed by atoms with E-state index in [1.165, 1.54) is 5.56 Å². The van der Waals surface area contributed by atoms with Gasteiger partial charge in [-0.05, 0) is 61.1 Å². The molecular weight excluding hydrogens is 556 g/mol. The highest BCUT2D eigenvalue weighted by molar-refractivity contribution is 9.10. The second-order valence-corrected chi connectivity index (χ2v) is 10.4. The van der Waals surface area contributed by atoms with Crippen LogP contribution >= 0.6 is 51.5 Å². The maximum atomic E-state index is 13.0. The van der Waals surface area contributed by atoms with Crippen LogP contribution in [0, 0.1) is 6.92 Å². The third-order valence-corrected chi connectivity index (χ3v) is 7.02. The number of amides is 2. The maximum Gasteiger partial charge on any atom is 0.285 e. The van der Waals surface area contributed by atoms with Crippen LogP contribution in [0.5, 0.6) is 5.75 Å². The molecule has 34 heavy (non-hydrogen) atoms. The number of thiocarbonyl (C=S) groups is 1. The second kappa shape index (κ2) is 10.7. The van der Waals surface area contributed by atoms with Crippen LogP contribution in [0.1, 0.15) is 27.0 Å². The fourth-order valence-electron chi connectivity index (χ4n) is 3.12. The number of rotatable bonds is 6. The number of nitrogens with zero attached hydrogens (tertiary/aromatic N) is 1. The minimum absolute atomic E-state index is 0.216. The Balaban J connectivity index is 1.53. The van der Waals surface area contributed by atoms with Crippen molar-refractivity contribution in [3.05, 3.63) is 103 Å². The van der Waals surface area contributed by atoms with Crippen molar-refractivity contribution in [2.24, 2.45) is 0 Å². The quantitative estimate of drug-likeness (QED) is 0.268. The van der Waals surface area contributed by atoms with Crippen LogP contribution in [-0.2, 0) is 11.4 Å². The summed E-state index contributed by atoms with van der Waals surface area (Å²) < 4.78 is 7.09.